The molecular weight excluding hydrogens is 252 g/mol. The zero-order valence-electron chi connectivity index (χ0n) is 11.3. The quantitative estimate of drug-likeness (QED) is 0.848. The molecular formula is C12H18N2O5. The Labute approximate surface area is 111 Å². The minimum absolute atomic E-state index is 0.149. The second-order valence-corrected chi connectivity index (χ2v) is 4.77. The van der Waals surface area contributed by atoms with E-state index in [2.05, 4.69) is 10.5 Å². The van der Waals surface area contributed by atoms with Gasteiger partial charge in [0.15, 0.2) is 17.2 Å². The van der Waals surface area contributed by atoms with E-state index in [0.29, 0.717) is 18.9 Å². The Morgan fingerprint density at radius 1 is 1.63 bits per heavy atom. The first-order valence-corrected chi connectivity index (χ1v) is 6.04. The van der Waals surface area contributed by atoms with E-state index in [-0.39, 0.29) is 24.3 Å². The number of nitrogens with one attached hydrogen (secondary N) is 1. The maximum absolute atomic E-state index is 11.8. The second kappa shape index (κ2) is 5.68. The fourth-order valence-corrected chi connectivity index (χ4v) is 1.79. The molecule has 2 heterocycles. The topological polar surface area (TPSA) is 82.8 Å². The van der Waals surface area contributed by atoms with Gasteiger partial charge in [-0.05, 0) is 13.8 Å². The Morgan fingerprint density at radius 2 is 2.42 bits per heavy atom. The Morgan fingerprint density at radius 3 is 3.05 bits per heavy atom. The largest absolute Gasteiger partial charge is 0.377 e. The molecule has 0 bridgehead atoms. The van der Waals surface area contributed by atoms with Crippen LogP contribution in [-0.4, -0.2) is 43.2 Å². The van der Waals surface area contributed by atoms with Crippen molar-refractivity contribution in [2.75, 3.05) is 20.3 Å². The summed E-state index contributed by atoms with van der Waals surface area (Å²) in [5, 5.41) is 6.40. The van der Waals surface area contributed by atoms with Crippen LogP contribution in [-0.2, 0) is 20.8 Å². The van der Waals surface area contributed by atoms with E-state index < -0.39 is 5.79 Å². The molecule has 1 aliphatic heterocycles. The predicted molar refractivity (Wildman–Crippen MR) is 64.5 cm³/mol. The molecule has 0 saturated carbocycles. The van der Waals surface area contributed by atoms with Crippen molar-refractivity contribution in [3.05, 3.63) is 17.5 Å². The molecule has 1 atom stereocenters. The van der Waals surface area contributed by atoms with Gasteiger partial charge in [-0.3, -0.25) is 4.79 Å². The maximum atomic E-state index is 11.8. The van der Waals surface area contributed by atoms with Crippen LogP contribution in [0.2, 0.25) is 0 Å². The van der Waals surface area contributed by atoms with Crippen LogP contribution in [0.5, 0.6) is 0 Å². The van der Waals surface area contributed by atoms with Crippen molar-refractivity contribution in [2.45, 2.75) is 32.3 Å². The molecule has 7 nitrogen and oxygen atoms in total. The zero-order valence-corrected chi connectivity index (χ0v) is 11.3. The van der Waals surface area contributed by atoms with Gasteiger partial charge in [0.05, 0.1) is 6.61 Å². The van der Waals surface area contributed by atoms with Gasteiger partial charge >= 0.3 is 0 Å². The van der Waals surface area contributed by atoms with E-state index in [4.69, 9.17) is 18.7 Å². The summed E-state index contributed by atoms with van der Waals surface area (Å²) in [7, 11) is 1.54. The maximum Gasteiger partial charge on any atom is 0.273 e. The van der Waals surface area contributed by atoms with Crippen LogP contribution in [0.1, 0.15) is 30.1 Å². The second-order valence-electron chi connectivity index (χ2n) is 4.77. The number of nitrogens with zero attached hydrogens (tertiary/aromatic N) is 1. The molecule has 0 radical (unpaired) electrons. The van der Waals surface area contributed by atoms with Gasteiger partial charge in [-0.1, -0.05) is 5.16 Å². The third kappa shape index (κ3) is 3.76. The highest BCUT2D eigenvalue weighted by molar-refractivity contribution is 5.92. The molecule has 106 valence electrons. The van der Waals surface area contributed by atoms with Gasteiger partial charge in [-0.2, -0.15) is 0 Å². The third-order valence-electron chi connectivity index (χ3n) is 2.64. The monoisotopic (exact) mass is 270 g/mol. The van der Waals surface area contributed by atoms with Crippen molar-refractivity contribution in [3.63, 3.8) is 0 Å². The molecule has 1 N–H and O–H groups in total. The summed E-state index contributed by atoms with van der Waals surface area (Å²) in [5.74, 6) is -0.386. The Kier molecular flexibility index (Phi) is 4.18. The fourth-order valence-electron chi connectivity index (χ4n) is 1.79. The lowest BCUT2D eigenvalue weighted by molar-refractivity contribution is -0.137. The molecule has 1 fully saturated rings. The number of ether oxygens (including phenoxy) is 3. The van der Waals surface area contributed by atoms with Gasteiger partial charge in [0.2, 0.25) is 0 Å². The van der Waals surface area contributed by atoms with Crippen LogP contribution < -0.4 is 5.32 Å². The molecule has 1 unspecified atom stereocenters. The fraction of sp³-hybridized carbons (Fsp3) is 0.667. The van der Waals surface area contributed by atoms with Crippen molar-refractivity contribution in [3.8, 4) is 0 Å². The molecule has 7 heteroatoms. The van der Waals surface area contributed by atoms with Crippen LogP contribution in [0.4, 0.5) is 0 Å². The van der Waals surface area contributed by atoms with Crippen LogP contribution in [0.15, 0.2) is 10.6 Å². The Balaban J connectivity index is 1.81. The van der Waals surface area contributed by atoms with E-state index >= 15 is 0 Å². The minimum Gasteiger partial charge on any atom is -0.377 e. The molecule has 1 aliphatic rings. The van der Waals surface area contributed by atoms with Gasteiger partial charge in [0.25, 0.3) is 5.91 Å². The van der Waals surface area contributed by atoms with Crippen molar-refractivity contribution < 1.29 is 23.5 Å². The average Bonchev–Trinajstić information content (AvgIpc) is 2.93. The van der Waals surface area contributed by atoms with E-state index in [9.17, 15) is 4.79 Å². The first kappa shape index (κ1) is 14.0. The number of carbonyl (C=O) groups is 1. The SMILES string of the molecule is COCc1cc(C(=O)NCC2COC(C)(C)O2)no1. The van der Waals surface area contributed by atoms with E-state index in [1.807, 2.05) is 13.8 Å². The van der Waals surface area contributed by atoms with Gasteiger partial charge in [-0.15, -0.1) is 0 Å². The highest BCUT2D eigenvalue weighted by Gasteiger charge is 2.32. The lowest BCUT2D eigenvalue weighted by Crippen LogP contribution is -2.34. The van der Waals surface area contributed by atoms with Crippen molar-refractivity contribution >= 4 is 5.91 Å². The van der Waals surface area contributed by atoms with Gasteiger partial charge < -0.3 is 24.1 Å². The number of amides is 1. The standard InChI is InChI=1S/C12H18N2O5/c1-12(2)17-7-9(18-12)5-13-11(15)10-4-8(6-16-3)19-14-10/h4,9H,5-7H2,1-3H3,(H,13,15). The first-order chi connectivity index (χ1) is 9.00. The first-order valence-electron chi connectivity index (χ1n) is 6.04. The van der Waals surface area contributed by atoms with Gasteiger partial charge in [0.1, 0.15) is 12.7 Å². The van der Waals surface area contributed by atoms with E-state index in [0.717, 1.165) is 0 Å². The smallest absolute Gasteiger partial charge is 0.273 e. The van der Waals surface area contributed by atoms with Crippen LogP contribution in [0.3, 0.4) is 0 Å². The number of carbonyl (C=O) groups excluding carboxylic acids is 1. The summed E-state index contributed by atoms with van der Waals surface area (Å²) < 4.78 is 20.8. The number of hydrogen-bond donors (Lipinski definition) is 1. The molecule has 1 saturated heterocycles. The summed E-state index contributed by atoms with van der Waals surface area (Å²) in [4.78, 5) is 11.8. The number of aromatic nitrogens is 1. The molecule has 0 aromatic carbocycles. The van der Waals surface area contributed by atoms with Crippen LogP contribution in [0.25, 0.3) is 0 Å². The third-order valence-corrected chi connectivity index (χ3v) is 2.64. The Hall–Kier alpha value is -1.44. The molecule has 1 amide bonds. The summed E-state index contributed by atoms with van der Waals surface area (Å²) in [6, 6.07) is 1.55. The lowest BCUT2D eigenvalue weighted by atomic mass is 10.3. The summed E-state index contributed by atoms with van der Waals surface area (Å²) >= 11 is 0. The van der Waals surface area contributed by atoms with Crippen molar-refractivity contribution in [1.82, 2.24) is 10.5 Å². The van der Waals surface area contributed by atoms with Gasteiger partial charge in [0, 0.05) is 19.7 Å². The number of rotatable bonds is 5. The Bertz CT molecular complexity index is 443. The molecule has 2 rings (SSSR count). The highest BCUT2D eigenvalue weighted by atomic mass is 16.7. The molecule has 0 spiro atoms. The van der Waals surface area contributed by atoms with Crippen molar-refractivity contribution in [2.24, 2.45) is 0 Å². The highest BCUT2D eigenvalue weighted by Crippen LogP contribution is 2.21. The van der Waals surface area contributed by atoms with Gasteiger partial charge in [-0.25, -0.2) is 0 Å². The zero-order chi connectivity index (χ0) is 13.9. The summed E-state index contributed by atoms with van der Waals surface area (Å²) in [5.41, 5.74) is 0.227. The molecule has 1 aromatic rings. The number of hydrogen-bond acceptors (Lipinski definition) is 6. The molecule has 1 aromatic heterocycles. The average molecular weight is 270 g/mol. The van der Waals surface area contributed by atoms with Crippen LogP contribution in [0, 0.1) is 0 Å². The normalized spacial score (nSPS) is 21.5. The molecule has 0 aliphatic carbocycles. The number of methoxy groups -OCH3 is 1. The minimum atomic E-state index is -0.588. The predicted octanol–water partition coefficient (Wildman–Crippen LogP) is 0.702. The van der Waals surface area contributed by atoms with E-state index in [1.165, 1.54) is 0 Å². The van der Waals surface area contributed by atoms with E-state index in [1.54, 1.807) is 13.2 Å². The molecule has 19 heavy (non-hydrogen) atoms. The lowest BCUT2D eigenvalue weighted by Gasteiger charge is -2.17. The summed E-state index contributed by atoms with van der Waals surface area (Å²) in [6.45, 7) is 4.79. The summed E-state index contributed by atoms with van der Waals surface area (Å²) in [6.07, 6.45) is -0.149. The van der Waals surface area contributed by atoms with Crippen LogP contribution >= 0.6 is 0 Å². The van der Waals surface area contributed by atoms with Crippen molar-refractivity contribution in [1.29, 1.82) is 0 Å².